The third-order valence-corrected chi connectivity index (χ3v) is 5.77. The molecule has 0 bridgehead atoms. The summed E-state index contributed by atoms with van der Waals surface area (Å²) in [5.41, 5.74) is 0. The summed E-state index contributed by atoms with van der Waals surface area (Å²) in [6.07, 6.45) is 6.49. The summed E-state index contributed by atoms with van der Waals surface area (Å²) in [5.74, 6) is 1.22. The van der Waals surface area contributed by atoms with Crippen LogP contribution in [0.5, 0.6) is 0 Å². The van der Waals surface area contributed by atoms with Crippen LogP contribution in [-0.4, -0.2) is 53.7 Å². The van der Waals surface area contributed by atoms with Crippen LogP contribution in [-0.2, 0) is 0 Å². The Morgan fingerprint density at radius 1 is 1.50 bits per heavy atom. The van der Waals surface area contributed by atoms with Gasteiger partial charge >= 0.3 is 6.03 Å². The van der Waals surface area contributed by atoms with Gasteiger partial charge in [0.1, 0.15) is 0 Å². The van der Waals surface area contributed by atoms with E-state index in [1.165, 1.54) is 18.6 Å². The maximum Gasteiger partial charge on any atom is 0.315 e. The number of thioether (sulfide) groups is 1. The van der Waals surface area contributed by atoms with E-state index in [4.69, 9.17) is 0 Å². The van der Waals surface area contributed by atoms with Gasteiger partial charge in [0.2, 0.25) is 0 Å². The van der Waals surface area contributed by atoms with Crippen LogP contribution in [0.2, 0.25) is 0 Å². The number of carbonyl (C=O) groups is 1. The molecular formula is C15H27N3OS. The van der Waals surface area contributed by atoms with E-state index in [0.29, 0.717) is 6.04 Å². The van der Waals surface area contributed by atoms with Crippen LogP contribution in [0.15, 0.2) is 12.7 Å². The Hall–Kier alpha value is -0.680. The molecule has 4 nitrogen and oxygen atoms in total. The van der Waals surface area contributed by atoms with Crippen molar-refractivity contribution in [2.24, 2.45) is 0 Å². The molecule has 0 radical (unpaired) electrons. The van der Waals surface area contributed by atoms with Gasteiger partial charge in [-0.2, -0.15) is 11.8 Å². The molecule has 2 heterocycles. The molecule has 20 heavy (non-hydrogen) atoms. The maximum atomic E-state index is 12.0. The first-order chi connectivity index (χ1) is 9.61. The Labute approximate surface area is 126 Å². The molecular weight excluding hydrogens is 270 g/mol. The minimum atomic E-state index is 0.000829. The Kier molecular flexibility index (Phi) is 5.78. The van der Waals surface area contributed by atoms with E-state index in [2.05, 4.69) is 29.0 Å². The summed E-state index contributed by atoms with van der Waals surface area (Å²) in [6, 6.07) is 0.320. The lowest BCUT2D eigenvalue weighted by molar-refractivity contribution is 0.203. The van der Waals surface area contributed by atoms with Crippen LogP contribution in [0.3, 0.4) is 0 Å². The van der Waals surface area contributed by atoms with Crippen LogP contribution < -0.4 is 10.6 Å². The fourth-order valence-electron chi connectivity index (χ4n) is 2.92. The third-order valence-electron chi connectivity index (χ3n) is 4.23. The number of urea groups is 1. The molecule has 0 aromatic rings. The predicted octanol–water partition coefficient (Wildman–Crippen LogP) is 2.22. The summed E-state index contributed by atoms with van der Waals surface area (Å²) in [7, 11) is 0. The van der Waals surface area contributed by atoms with Crippen LogP contribution in [0, 0.1) is 0 Å². The molecule has 0 saturated carbocycles. The Bertz CT molecular complexity index is 334. The zero-order chi connectivity index (χ0) is 14.4. The number of nitrogens with zero attached hydrogens (tertiary/aromatic N) is 1. The van der Waals surface area contributed by atoms with Gasteiger partial charge in [0.25, 0.3) is 0 Å². The predicted molar refractivity (Wildman–Crippen MR) is 86.3 cm³/mol. The molecule has 5 heteroatoms. The van der Waals surface area contributed by atoms with Gasteiger partial charge in [-0.1, -0.05) is 6.08 Å². The standard InChI is InChI=1S/C15H27N3OS/c1-3-8-18-9-5-13(6-10-18)17-14(19)16-12-15(2)7-4-11-20-15/h3,13H,1,4-12H2,2H3,(H2,16,17,19)/t15-/m1/s1. The number of nitrogens with one attached hydrogen (secondary N) is 2. The van der Waals surface area contributed by atoms with Crippen molar-refractivity contribution >= 4 is 17.8 Å². The molecule has 2 saturated heterocycles. The van der Waals surface area contributed by atoms with Gasteiger partial charge in [-0.3, -0.25) is 4.90 Å². The molecule has 0 spiro atoms. The average molecular weight is 297 g/mol. The highest BCUT2D eigenvalue weighted by molar-refractivity contribution is 8.00. The molecule has 2 aliphatic heterocycles. The van der Waals surface area contributed by atoms with Gasteiger partial charge in [-0.15, -0.1) is 6.58 Å². The number of hydrogen-bond acceptors (Lipinski definition) is 3. The zero-order valence-electron chi connectivity index (χ0n) is 12.5. The van der Waals surface area contributed by atoms with Crippen molar-refractivity contribution in [2.75, 3.05) is 31.9 Å². The third kappa shape index (κ3) is 4.70. The molecule has 2 fully saturated rings. The van der Waals surface area contributed by atoms with Crippen molar-refractivity contribution in [3.8, 4) is 0 Å². The molecule has 2 aliphatic rings. The molecule has 2 N–H and O–H groups in total. The van der Waals surface area contributed by atoms with Gasteiger partial charge in [0.05, 0.1) is 0 Å². The Morgan fingerprint density at radius 3 is 2.85 bits per heavy atom. The second kappa shape index (κ2) is 7.36. The first-order valence-corrected chi connectivity index (χ1v) is 8.61. The highest BCUT2D eigenvalue weighted by atomic mass is 32.2. The van der Waals surface area contributed by atoms with Crippen LogP contribution >= 0.6 is 11.8 Å². The largest absolute Gasteiger partial charge is 0.337 e. The summed E-state index contributed by atoms with van der Waals surface area (Å²) >= 11 is 1.98. The monoisotopic (exact) mass is 297 g/mol. The molecule has 114 valence electrons. The first-order valence-electron chi connectivity index (χ1n) is 7.63. The number of carbonyl (C=O) groups excluding carboxylic acids is 1. The van der Waals surface area contributed by atoms with Crippen molar-refractivity contribution in [2.45, 2.75) is 43.4 Å². The molecule has 0 aromatic heterocycles. The van der Waals surface area contributed by atoms with E-state index >= 15 is 0 Å². The summed E-state index contributed by atoms with van der Waals surface area (Å²) < 4.78 is 0.241. The SMILES string of the molecule is C=CCN1CCC(NC(=O)NC[C@@]2(C)CCCS2)CC1. The normalized spacial score (nSPS) is 28.2. The highest BCUT2D eigenvalue weighted by Gasteiger charge is 2.30. The van der Waals surface area contributed by atoms with Crippen molar-refractivity contribution in [3.63, 3.8) is 0 Å². The molecule has 0 unspecified atom stereocenters. The summed E-state index contributed by atoms with van der Waals surface area (Å²) in [6.45, 7) is 9.84. The lowest BCUT2D eigenvalue weighted by atomic mass is 10.1. The van der Waals surface area contributed by atoms with Gasteiger partial charge in [0.15, 0.2) is 0 Å². The highest BCUT2D eigenvalue weighted by Crippen LogP contribution is 2.36. The number of likely N-dealkylation sites (tertiary alicyclic amines) is 1. The molecule has 1 atom stereocenters. The van der Waals surface area contributed by atoms with E-state index < -0.39 is 0 Å². The smallest absolute Gasteiger partial charge is 0.315 e. The van der Waals surface area contributed by atoms with Crippen molar-refractivity contribution in [1.29, 1.82) is 0 Å². The van der Waals surface area contributed by atoms with E-state index in [0.717, 1.165) is 39.0 Å². The van der Waals surface area contributed by atoms with E-state index in [9.17, 15) is 4.79 Å². The number of rotatable bonds is 5. The van der Waals surface area contributed by atoms with Gasteiger partial charge < -0.3 is 10.6 Å². The van der Waals surface area contributed by atoms with Crippen LogP contribution in [0.4, 0.5) is 4.79 Å². The second-order valence-electron chi connectivity index (χ2n) is 6.09. The molecule has 0 aromatic carbocycles. The lowest BCUT2D eigenvalue weighted by Crippen LogP contribution is -2.49. The fourth-order valence-corrected chi connectivity index (χ4v) is 4.17. The molecule has 2 amide bonds. The summed E-state index contributed by atoms with van der Waals surface area (Å²) in [4.78, 5) is 14.3. The second-order valence-corrected chi connectivity index (χ2v) is 7.78. The number of piperidine rings is 1. The Morgan fingerprint density at radius 2 is 2.25 bits per heavy atom. The summed E-state index contributed by atoms with van der Waals surface area (Å²) in [5, 5.41) is 6.16. The maximum absolute atomic E-state index is 12.0. The van der Waals surface area contributed by atoms with Crippen molar-refractivity contribution in [3.05, 3.63) is 12.7 Å². The van der Waals surface area contributed by atoms with Gasteiger partial charge in [-0.05, 0) is 38.4 Å². The van der Waals surface area contributed by atoms with Gasteiger partial charge in [0, 0.05) is 37.0 Å². The number of amides is 2. The van der Waals surface area contributed by atoms with Gasteiger partial charge in [-0.25, -0.2) is 4.79 Å². The van der Waals surface area contributed by atoms with Crippen LogP contribution in [0.1, 0.15) is 32.6 Å². The molecule has 2 rings (SSSR count). The van der Waals surface area contributed by atoms with E-state index in [-0.39, 0.29) is 10.8 Å². The minimum absolute atomic E-state index is 0.000829. The van der Waals surface area contributed by atoms with Crippen LogP contribution in [0.25, 0.3) is 0 Å². The Balaban J connectivity index is 1.64. The van der Waals surface area contributed by atoms with Crippen molar-refractivity contribution in [1.82, 2.24) is 15.5 Å². The number of hydrogen-bond donors (Lipinski definition) is 2. The molecule has 0 aliphatic carbocycles. The topological polar surface area (TPSA) is 44.4 Å². The van der Waals surface area contributed by atoms with E-state index in [1.54, 1.807) is 0 Å². The average Bonchev–Trinajstić information content (AvgIpc) is 2.87. The van der Waals surface area contributed by atoms with E-state index in [1.807, 2.05) is 17.8 Å². The fraction of sp³-hybridized carbons (Fsp3) is 0.800. The lowest BCUT2D eigenvalue weighted by Gasteiger charge is -2.32. The quantitative estimate of drug-likeness (QED) is 0.765. The van der Waals surface area contributed by atoms with Crippen molar-refractivity contribution < 1.29 is 4.79 Å². The minimum Gasteiger partial charge on any atom is -0.337 e. The first kappa shape index (κ1) is 15.7. The zero-order valence-corrected chi connectivity index (χ0v) is 13.3.